The summed E-state index contributed by atoms with van der Waals surface area (Å²) in [4.78, 5) is 34.5. The summed E-state index contributed by atoms with van der Waals surface area (Å²) in [5, 5.41) is 0. The Morgan fingerprint density at radius 1 is 0.780 bits per heavy atom. The summed E-state index contributed by atoms with van der Waals surface area (Å²) in [5.41, 5.74) is -0.550. The third kappa shape index (κ3) is 28.8. The van der Waals surface area contributed by atoms with E-state index in [1.807, 2.05) is 21.1 Å². The Kier molecular flexibility index (Phi) is 21.9. The molecule has 0 heterocycles. The Morgan fingerprint density at radius 3 is 1.78 bits per heavy atom. The molecule has 0 saturated carbocycles. The number of rotatable bonds is 26. The number of hydrogen-bond donors (Lipinski definition) is 1. The van der Waals surface area contributed by atoms with Crippen molar-refractivity contribution in [3.63, 3.8) is 0 Å². The molecule has 0 fully saturated rings. The van der Waals surface area contributed by atoms with Gasteiger partial charge < -0.3 is 23.6 Å². The Labute approximate surface area is 250 Å². The molecule has 0 rings (SSSR count). The van der Waals surface area contributed by atoms with Crippen LogP contribution in [0.15, 0.2) is 0 Å². The van der Waals surface area contributed by atoms with Gasteiger partial charge in [0.25, 0.3) is 0 Å². The first-order valence-corrected chi connectivity index (χ1v) is 17.0. The van der Waals surface area contributed by atoms with E-state index in [1.54, 1.807) is 20.8 Å². The monoisotopic (exact) mass is 610 g/mol. The molecule has 2 atom stereocenters. The lowest BCUT2D eigenvalue weighted by atomic mass is 10.0. The van der Waals surface area contributed by atoms with Gasteiger partial charge >= 0.3 is 19.8 Å². The number of likely N-dealkylation sites (N-methyl/N-ethyl adjacent to an activating group) is 1. The normalized spacial score (nSPS) is 14.4. The van der Waals surface area contributed by atoms with Gasteiger partial charge in [-0.3, -0.25) is 13.8 Å². The summed E-state index contributed by atoms with van der Waals surface area (Å²) in [6, 6.07) is 0. The largest absolute Gasteiger partial charge is 0.472 e. The van der Waals surface area contributed by atoms with E-state index in [4.69, 9.17) is 23.3 Å². The number of phosphoric acid groups is 1. The van der Waals surface area contributed by atoms with Crippen LogP contribution in [0.2, 0.25) is 0 Å². The third-order valence-corrected chi connectivity index (χ3v) is 7.26. The topological polar surface area (TPSA) is 118 Å². The standard InChI is InChI=1S/C30H60NO9P/c1-8-9-10-11-12-13-14-15-16-17-18-19-20-21-28(32)36-24-27(40-29(33)26-37-30(2,3)4)25-39-41(34,35)38-23-22-31(5,6)7/h27H,8-26H2,1-7H3/p+1. The molecule has 2 unspecified atom stereocenters. The molecule has 1 N–H and O–H groups in total. The van der Waals surface area contributed by atoms with Gasteiger partial charge in [-0.05, 0) is 27.2 Å². The minimum absolute atomic E-state index is 0.00919. The van der Waals surface area contributed by atoms with Crippen LogP contribution in [-0.4, -0.2) is 87.1 Å². The smallest absolute Gasteiger partial charge is 0.462 e. The molecule has 0 amide bonds. The van der Waals surface area contributed by atoms with Crippen molar-refractivity contribution in [2.45, 2.75) is 129 Å². The Balaban J connectivity index is 4.37. The van der Waals surface area contributed by atoms with Crippen molar-refractivity contribution in [1.29, 1.82) is 0 Å². The third-order valence-electron chi connectivity index (χ3n) is 6.28. The van der Waals surface area contributed by atoms with Crippen molar-refractivity contribution in [3.05, 3.63) is 0 Å². The van der Waals surface area contributed by atoms with Crippen molar-refractivity contribution in [2.24, 2.45) is 0 Å². The zero-order valence-corrected chi connectivity index (χ0v) is 28.0. The van der Waals surface area contributed by atoms with Crippen molar-refractivity contribution in [1.82, 2.24) is 0 Å². The van der Waals surface area contributed by atoms with Crippen LogP contribution in [0.3, 0.4) is 0 Å². The van der Waals surface area contributed by atoms with E-state index in [9.17, 15) is 19.0 Å². The summed E-state index contributed by atoms with van der Waals surface area (Å²) < 4.78 is 38.9. The molecule has 0 aliphatic carbocycles. The molecular weight excluding hydrogens is 549 g/mol. The lowest BCUT2D eigenvalue weighted by Gasteiger charge is -2.24. The average molecular weight is 611 g/mol. The van der Waals surface area contributed by atoms with Crippen LogP contribution in [0.5, 0.6) is 0 Å². The fourth-order valence-electron chi connectivity index (χ4n) is 3.80. The lowest BCUT2D eigenvalue weighted by Crippen LogP contribution is -2.37. The Morgan fingerprint density at radius 2 is 1.29 bits per heavy atom. The minimum atomic E-state index is -4.38. The molecule has 0 bridgehead atoms. The Bertz CT molecular complexity index is 734. The molecule has 0 aromatic heterocycles. The van der Waals surface area contributed by atoms with Crippen LogP contribution in [0.25, 0.3) is 0 Å². The zero-order valence-electron chi connectivity index (χ0n) is 27.1. The molecule has 0 aliphatic rings. The number of carbonyl (C=O) groups is 2. The molecule has 10 nitrogen and oxygen atoms in total. The first-order chi connectivity index (χ1) is 19.1. The van der Waals surface area contributed by atoms with Crippen LogP contribution in [-0.2, 0) is 37.4 Å². The molecule has 0 aromatic rings. The summed E-state index contributed by atoms with van der Waals surface area (Å²) in [5.74, 6) is -1.11. The second kappa shape index (κ2) is 22.5. The maximum absolute atomic E-state index is 12.3. The molecule has 0 aromatic carbocycles. The second-order valence-corrected chi connectivity index (χ2v) is 14.3. The second-order valence-electron chi connectivity index (χ2n) is 12.8. The van der Waals surface area contributed by atoms with Gasteiger partial charge in [-0.1, -0.05) is 84.0 Å². The molecule has 0 aliphatic heterocycles. The number of ether oxygens (including phenoxy) is 3. The fourth-order valence-corrected chi connectivity index (χ4v) is 4.54. The number of quaternary nitrogens is 1. The van der Waals surface area contributed by atoms with E-state index in [2.05, 4.69) is 6.92 Å². The number of esters is 2. The first kappa shape index (κ1) is 40.0. The molecular formula is C30H61NO9P+. The Hall–Kier alpha value is -1.03. The van der Waals surface area contributed by atoms with Crippen LogP contribution >= 0.6 is 7.82 Å². The van der Waals surface area contributed by atoms with E-state index in [0.29, 0.717) is 11.0 Å². The highest BCUT2D eigenvalue weighted by Gasteiger charge is 2.27. The van der Waals surface area contributed by atoms with Gasteiger partial charge in [-0.15, -0.1) is 0 Å². The first-order valence-electron chi connectivity index (χ1n) is 15.5. The fraction of sp³-hybridized carbons (Fsp3) is 0.933. The van der Waals surface area contributed by atoms with E-state index in [1.165, 1.54) is 64.2 Å². The maximum atomic E-state index is 12.3. The van der Waals surface area contributed by atoms with Gasteiger partial charge in [0.15, 0.2) is 6.10 Å². The van der Waals surface area contributed by atoms with Gasteiger partial charge in [0, 0.05) is 6.42 Å². The maximum Gasteiger partial charge on any atom is 0.472 e. The van der Waals surface area contributed by atoms with Crippen LogP contribution in [0.1, 0.15) is 118 Å². The lowest BCUT2D eigenvalue weighted by molar-refractivity contribution is -0.870. The summed E-state index contributed by atoms with van der Waals surface area (Å²) >= 11 is 0. The van der Waals surface area contributed by atoms with E-state index < -0.39 is 38.1 Å². The molecule has 0 spiro atoms. The van der Waals surface area contributed by atoms with Crippen molar-refractivity contribution in [2.75, 3.05) is 54.1 Å². The number of phosphoric ester groups is 1. The van der Waals surface area contributed by atoms with Gasteiger partial charge in [-0.2, -0.15) is 0 Å². The van der Waals surface area contributed by atoms with E-state index in [-0.39, 0.29) is 26.2 Å². The van der Waals surface area contributed by atoms with E-state index in [0.717, 1.165) is 19.3 Å². The minimum Gasteiger partial charge on any atom is -0.462 e. The predicted octanol–water partition coefficient (Wildman–Crippen LogP) is 6.58. The van der Waals surface area contributed by atoms with Crippen LogP contribution in [0, 0.1) is 0 Å². The van der Waals surface area contributed by atoms with Crippen molar-refractivity contribution in [3.8, 4) is 0 Å². The molecule has 41 heavy (non-hydrogen) atoms. The van der Waals surface area contributed by atoms with Gasteiger partial charge in [0.1, 0.15) is 26.4 Å². The molecule has 244 valence electrons. The SMILES string of the molecule is CCCCCCCCCCCCCCCC(=O)OCC(COP(=O)(O)OCC[N+](C)(C)C)OC(=O)COC(C)(C)C. The number of carbonyl (C=O) groups excluding carboxylic acids is 2. The molecule has 11 heteroatoms. The van der Waals surface area contributed by atoms with Crippen LogP contribution < -0.4 is 0 Å². The average Bonchev–Trinajstić information content (AvgIpc) is 2.86. The van der Waals surface area contributed by atoms with Crippen LogP contribution in [0.4, 0.5) is 0 Å². The quantitative estimate of drug-likeness (QED) is 0.0502. The highest BCUT2D eigenvalue weighted by atomic mass is 31.2. The number of unbranched alkanes of at least 4 members (excludes halogenated alkanes) is 12. The van der Waals surface area contributed by atoms with Gasteiger partial charge in [-0.25, -0.2) is 9.36 Å². The summed E-state index contributed by atoms with van der Waals surface area (Å²) in [6.07, 6.45) is 15.0. The van der Waals surface area contributed by atoms with E-state index >= 15 is 0 Å². The van der Waals surface area contributed by atoms with Crippen molar-refractivity contribution >= 4 is 19.8 Å². The summed E-state index contributed by atoms with van der Waals surface area (Å²) in [6.45, 7) is 7.07. The summed E-state index contributed by atoms with van der Waals surface area (Å²) in [7, 11) is 1.39. The molecule has 0 saturated heterocycles. The zero-order chi connectivity index (χ0) is 31.2. The van der Waals surface area contributed by atoms with Gasteiger partial charge in [0.05, 0.1) is 33.4 Å². The van der Waals surface area contributed by atoms with Crippen molar-refractivity contribution < 1.29 is 46.8 Å². The number of hydrogen-bond acceptors (Lipinski definition) is 8. The highest BCUT2D eigenvalue weighted by molar-refractivity contribution is 7.47. The highest BCUT2D eigenvalue weighted by Crippen LogP contribution is 2.43. The number of nitrogens with zero attached hydrogens (tertiary/aromatic N) is 1. The predicted molar refractivity (Wildman–Crippen MR) is 161 cm³/mol. The molecule has 0 radical (unpaired) electrons. The van der Waals surface area contributed by atoms with Gasteiger partial charge in [0.2, 0.25) is 0 Å².